The van der Waals surface area contributed by atoms with Crippen LogP contribution in [0.4, 0.5) is 9.52 Å². The van der Waals surface area contributed by atoms with Crippen LogP contribution in [0.15, 0.2) is 101 Å². The lowest BCUT2D eigenvalue weighted by atomic mass is 9.95. The minimum Gasteiger partial charge on any atom is -0.507 e. The monoisotopic (exact) mass is 711 g/mol. The Morgan fingerprint density at radius 2 is 1.70 bits per heavy atom. The van der Waals surface area contributed by atoms with Crippen LogP contribution >= 0.6 is 23.1 Å². The quantitative estimate of drug-likeness (QED) is 0.0490. The number of halogens is 1. The Labute approximate surface area is 295 Å². The molecule has 1 atom stereocenters. The van der Waals surface area contributed by atoms with Crippen LogP contribution < -0.4 is 23.8 Å². The number of rotatable bonds is 11. The van der Waals surface area contributed by atoms with Crippen LogP contribution in [0.3, 0.4) is 0 Å². The average Bonchev–Trinajstić information content (AvgIpc) is 3.72. The third-order valence-corrected chi connectivity index (χ3v) is 10.1. The van der Waals surface area contributed by atoms with E-state index in [0.29, 0.717) is 65.1 Å². The van der Waals surface area contributed by atoms with Crippen molar-refractivity contribution in [1.29, 1.82) is 0 Å². The lowest BCUT2D eigenvalue weighted by Crippen LogP contribution is -2.29. The summed E-state index contributed by atoms with van der Waals surface area (Å²) in [5.41, 5.74) is 2.47. The number of anilines is 1. The van der Waals surface area contributed by atoms with E-state index >= 15 is 0 Å². The number of hydrogen-bond acceptors (Lipinski definition) is 11. The second-order valence-electron chi connectivity index (χ2n) is 11.2. The molecule has 13 heteroatoms. The van der Waals surface area contributed by atoms with Gasteiger partial charge >= 0.3 is 5.91 Å². The van der Waals surface area contributed by atoms with Gasteiger partial charge < -0.3 is 24.1 Å². The van der Waals surface area contributed by atoms with Crippen LogP contribution in [0.5, 0.6) is 23.0 Å². The normalized spacial score (nSPS) is 16.4. The number of ketones is 1. The van der Waals surface area contributed by atoms with E-state index in [1.165, 1.54) is 28.8 Å². The zero-order valence-corrected chi connectivity index (χ0v) is 28.3. The summed E-state index contributed by atoms with van der Waals surface area (Å²) in [4.78, 5) is 29.0. The smallest absolute Gasteiger partial charge is 0.301 e. The number of ether oxygens (including phenoxy) is 4. The van der Waals surface area contributed by atoms with Crippen LogP contribution in [0.25, 0.3) is 5.76 Å². The third-order valence-electron chi connectivity index (χ3n) is 7.96. The number of Topliss-reactive ketones (excluding diaryl/α,β-unsaturated/α-hetero) is 1. The van der Waals surface area contributed by atoms with Crippen LogP contribution in [-0.2, 0) is 21.9 Å². The molecule has 4 aromatic carbocycles. The molecule has 0 aliphatic carbocycles. The number of carbonyl (C=O) groups is 2. The van der Waals surface area contributed by atoms with Gasteiger partial charge in [-0.15, -0.1) is 10.2 Å². The van der Waals surface area contributed by atoms with Gasteiger partial charge in [-0.1, -0.05) is 71.6 Å². The number of thioether (sulfide) groups is 1. The van der Waals surface area contributed by atoms with E-state index < -0.39 is 17.7 Å². The molecule has 1 saturated heterocycles. The molecule has 0 bridgehead atoms. The van der Waals surface area contributed by atoms with Gasteiger partial charge in [0.25, 0.3) is 5.78 Å². The lowest BCUT2D eigenvalue weighted by Gasteiger charge is -2.24. The number of hydrogen-bond donors (Lipinski definition) is 1. The van der Waals surface area contributed by atoms with Gasteiger partial charge in [0.05, 0.1) is 18.2 Å². The molecule has 254 valence electrons. The maximum Gasteiger partial charge on any atom is 0.301 e. The second kappa shape index (κ2) is 14.6. The highest BCUT2D eigenvalue weighted by Crippen LogP contribution is 2.46. The lowest BCUT2D eigenvalue weighted by molar-refractivity contribution is -0.132. The predicted octanol–water partition coefficient (Wildman–Crippen LogP) is 7.34. The van der Waals surface area contributed by atoms with Crippen molar-refractivity contribution in [2.75, 3.05) is 24.7 Å². The molecule has 2 aliphatic rings. The summed E-state index contributed by atoms with van der Waals surface area (Å²) in [5.74, 6) is -0.185. The Kier molecular flexibility index (Phi) is 9.67. The number of carbonyl (C=O) groups excluding carboxylic acids is 2. The van der Waals surface area contributed by atoms with Gasteiger partial charge in [0.2, 0.25) is 5.13 Å². The summed E-state index contributed by atoms with van der Waals surface area (Å²) < 4.78 is 37.4. The second-order valence-corrected chi connectivity index (χ2v) is 13.4. The van der Waals surface area contributed by atoms with E-state index in [4.69, 9.17) is 18.9 Å². The van der Waals surface area contributed by atoms with Crippen molar-refractivity contribution in [2.45, 2.75) is 29.7 Å². The molecular formula is C37H30FN3O7S2. The van der Waals surface area contributed by atoms with Gasteiger partial charge in [0.15, 0.2) is 27.3 Å². The number of nitrogens with zero attached hydrogens (tertiary/aromatic N) is 3. The highest BCUT2D eigenvalue weighted by atomic mass is 32.2. The minimum atomic E-state index is -1.09. The van der Waals surface area contributed by atoms with Crippen molar-refractivity contribution in [3.05, 3.63) is 125 Å². The van der Waals surface area contributed by atoms with Crippen molar-refractivity contribution in [3.63, 3.8) is 0 Å². The molecule has 1 fully saturated rings. The fourth-order valence-corrected chi connectivity index (χ4v) is 7.42. The van der Waals surface area contributed by atoms with Crippen molar-refractivity contribution in [2.24, 2.45) is 0 Å². The van der Waals surface area contributed by atoms with Crippen LogP contribution in [0.2, 0.25) is 0 Å². The topological polar surface area (TPSA) is 120 Å². The Balaban J connectivity index is 1.28. The summed E-state index contributed by atoms with van der Waals surface area (Å²) >= 11 is 2.50. The molecule has 3 heterocycles. The van der Waals surface area contributed by atoms with E-state index in [1.54, 1.807) is 48.5 Å². The number of aliphatic hydroxyl groups is 1. The molecular weight excluding hydrogens is 682 g/mol. The molecule has 0 saturated carbocycles. The molecule has 1 N–H and O–H groups in total. The third kappa shape index (κ3) is 6.87. The standard InChI is InChI=1S/C37H30FN3O7S2/c1-2-45-29-18-24(10-14-28(29)48-20-22-6-4-3-5-7-22)32-31(33(42)25-11-15-27-30(19-25)47-17-16-46-27)34(43)35(44)41(32)36-39-40-37(50-36)49-21-23-8-12-26(38)13-9-23/h3-15,18-19,32,42H,2,16-17,20-21H2,1H3/b33-31+. The SMILES string of the molecule is CCOc1cc(C2/C(=C(\O)c3ccc4c(c3)OCCO4)C(=O)C(=O)N2c2nnc(SCc3ccc(F)cc3)s2)ccc1OCc1ccccc1. The van der Waals surface area contributed by atoms with Gasteiger partial charge in [0.1, 0.15) is 31.4 Å². The van der Waals surface area contributed by atoms with Crippen molar-refractivity contribution in [3.8, 4) is 23.0 Å². The Bertz CT molecular complexity index is 2070. The molecule has 5 aromatic rings. The minimum absolute atomic E-state index is 0.136. The molecule has 0 radical (unpaired) electrons. The number of aliphatic hydroxyl groups excluding tert-OH is 1. The largest absolute Gasteiger partial charge is 0.507 e. The summed E-state index contributed by atoms with van der Waals surface area (Å²) in [7, 11) is 0. The zero-order chi connectivity index (χ0) is 34.6. The molecule has 0 spiro atoms. The van der Waals surface area contributed by atoms with Crippen LogP contribution in [0.1, 0.15) is 35.2 Å². The van der Waals surface area contributed by atoms with Crippen LogP contribution in [0, 0.1) is 5.82 Å². The molecule has 2 aliphatic heterocycles. The van der Waals surface area contributed by atoms with Gasteiger partial charge in [-0.2, -0.15) is 0 Å². The van der Waals surface area contributed by atoms with Crippen molar-refractivity contribution in [1.82, 2.24) is 10.2 Å². The van der Waals surface area contributed by atoms with Gasteiger partial charge in [0, 0.05) is 11.3 Å². The molecule has 1 aromatic heterocycles. The molecule has 10 nitrogen and oxygen atoms in total. The highest BCUT2D eigenvalue weighted by molar-refractivity contribution is 8.00. The van der Waals surface area contributed by atoms with Crippen molar-refractivity contribution < 1.29 is 38.0 Å². The summed E-state index contributed by atoms with van der Waals surface area (Å²) in [6.07, 6.45) is 0. The maximum absolute atomic E-state index is 13.9. The van der Waals surface area contributed by atoms with Gasteiger partial charge in [-0.25, -0.2) is 4.39 Å². The van der Waals surface area contributed by atoms with Crippen molar-refractivity contribution >= 4 is 45.7 Å². The molecule has 1 amide bonds. The Hall–Kier alpha value is -5.40. The number of aromatic nitrogens is 2. The summed E-state index contributed by atoms with van der Waals surface area (Å²) in [6, 6.07) is 24.7. The predicted molar refractivity (Wildman–Crippen MR) is 186 cm³/mol. The van der Waals surface area contributed by atoms with E-state index in [0.717, 1.165) is 22.5 Å². The highest BCUT2D eigenvalue weighted by Gasteiger charge is 2.48. The fraction of sp³-hybridized carbons (Fsp3) is 0.189. The average molecular weight is 712 g/mol. The molecule has 7 rings (SSSR count). The maximum atomic E-state index is 13.9. The molecule has 1 unspecified atom stereocenters. The van der Waals surface area contributed by atoms with Crippen LogP contribution in [-0.4, -0.2) is 46.8 Å². The van der Waals surface area contributed by atoms with Gasteiger partial charge in [-0.05, 0) is 66.1 Å². The number of fused-ring (bicyclic) bond motifs is 1. The summed E-state index contributed by atoms with van der Waals surface area (Å²) in [5, 5.41) is 20.5. The zero-order valence-electron chi connectivity index (χ0n) is 26.7. The first kappa shape index (κ1) is 33.1. The fourth-order valence-electron chi connectivity index (χ4n) is 5.59. The Morgan fingerprint density at radius 3 is 2.48 bits per heavy atom. The van der Waals surface area contributed by atoms with E-state index in [9.17, 15) is 19.1 Å². The number of benzene rings is 4. The first-order valence-corrected chi connectivity index (χ1v) is 17.5. The Morgan fingerprint density at radius 1 is 0.920 bits per heavy atom. The first-order chi connectivity index (χ1) is 24.4. The summed E-state index contributed by atoms with van der Waals surface area (Å²) in [6.45, 7) is 3.19. The molecule has 50 heavy (non-hydrogen) atoms. The first-order valence-electron chi connectivity index (χ1n) is 15.7. The number of amides is 1. The van der Waals surface area contributed by atoms with E-state index in [-0.39, 0.29) is 27.8 Å². The van der Waals surface area contributed by atoms with Gasteiger partial charge in [-0.3, -0.25) is 14.5 Å². The van der Waals surface area contributed by atoms with E-state index in [1.807, 2.05) is 37.3 Å². The van der Waals surface area contributed by atoms with E-state index in [2.05, 4.69) is 10.2 Å².